The summed E-state index contributed by atoms with van der Waals surface area (Å²) in [6.45, 7) is 3.29. The number of aliphatic imine (C=N–C) groups is 1. The lowest BCUT2D eigenvalue weighted by Crippen LogP contribution is -2.05. The van der Waals surface area contributed by atoms with Gasteiger partial charge in [0.15, 0.2) is 17.2 Å². The summed E-state index contributed by atoms with van der Waals surface area (Å²) < 4.78 is 15.5. The van der Waals surface area contributed by atoms with E-state index in [9.17, 15) is 9.59 Å². The Bertz CT molecular complexity index is 926. The first-order valence-electron chi connectivity index (χ1n) is 7.92. The van der Waals surface area contributed by atoms with Crippen LogP contribution < -0.4 is 9.47 Å². The number of methoxy groups -OCH3 is 1. The Hall–Kier alpha value is -3.41. The molecule has 26 heavy (non-hydrogen) atoms. The van der Waals surface area contributed by atoms with E-state index in [-0.39, 0.29) is 11.6 Å². The third kappa shape index (κ3) is 3.80. The van der Waals surface area contributed by atoms with Crippen molar-refractivity contribution in [2.75, 3.05) is 7.11 Å². The molecular formula is C20H17NO5. The number of hydrogen-bond donors (Lipinski definition) is 0. The number of carbonyl (C=O) groups is 2. The lowest BCUT2D eigenvalue weighted by atomic mass is 10.1. The molecule has 6 heteroatoms. The molecule has 0 fully saturated rings. The van der Waals surface area contributed by atoms with Crippen LogP contribution in [0.4, 0.5) is 0 Å². The zero-order chi connectivity index (χ0) is 18.7. The molecule has 0 spiro atoms. The molecule has 0 saturated heterocycles. The smallest absolute Gasteiger partial charge is 0.363 e. The van der Waals surface area contributed by atoms with E-state index in [0.29, 0.717) is 17.1 Å². The number of esters is 2. The Labute approximate surface area is 150 Å². The number of ether oxygens (including phenoxy) is 3. The number of benzene rings is 2. The predicted octanol–water partition coefficient (Wildman–Crippen LogP) is 3.27. The van der Waals surface area contributed by atoms with Gasteiger partial charge in [0.25, 0.3) is 0 Å². The monoisotopic (exact) mass is 351 g/mol. The standard InChI is InChI=1S/C20H17NO5/c1-12-4-7-15(8-5-12)19-21-16(20(23)26-19)10-14-6-9-17(25-13(2)22)18(11-14)24-3/h4-11H,1-3H3. The zero-order valence-electron chi connectivity index (χ0n) is 14.6. The van der Waals surface area contributed by atoms with Gasteiger partial charge in [-0.3, -0.25) is 4.79 Å². The largest absolute Gasteiger partial charge is 0.493 e. The number of aryl methyl sites for hydroxylation is 1. The maximum atomic E-state index is 12.1. The molecule has 0 atom stereocenters. The van der Waals surface area contributed by atoms with Gasteiger partial charge < -0.3 is 14.2 Å². The van der Waals surface area contributed by atoms with Crippen molar-refractivity contribution >= 4 is 23.9 Å². The second kappa shape index (κ2) is 7.23. The average molecular weight is 351 g/mol. The first kappa shape index (κ1) is 17.4. The second-order valence-electron chi connectivity index (χ2n) is 5.71. The first-order valence-corrected chi connectivity index (χ1v) is 7.92. The van der Waals surface area contributed by atoms with Crippen molar-refractivity contribution in [2.24, 2.45) is 4.99 Å². The van der Waals surface area contributed by atoms with Crippen molar-refractivity contribution in [3.05, 3.63) is 64.9 Å². The molecule has 0 N–H and O–H groups in total. The van der Waals surface area contributed by atoms with Gasteiger partial charge in [-0.05, 0) is 42.8 Å². The van der Waals surface area contributed by atoms with Crippen molar-refractivity contribution in [3.63, 3.8) is 0 Å². The molecule has 1 aliphatic heterocycles. The van der Waals surface area contributed by atoms with Gasteiger partial charge in [0, 0.05) is 12.5 Å². The molecule has 132 valence electrons. The summed E-state index contributed by atoms with van der Waals surface area (Å²) in [5.41, 5.74) is 2.69. The SMILES string of the molecule is COc1cc(C=C2N=C(c3ccc(C)cc3)OC2=O)ccc1OC(C)=O. The summed E-state index contributed by atoms with van der Waals surface area (Å²) in [4.78, 5) is 27.5. The number of hydrogen-bond acceptors (Lipinski definition) is 6. The molecule has 1 heterocycles. The van der Waals surface area contributed by atoms with Crippen LogP contribution in [0.15, 0.2) is 53.2 Å². The zero-order valence-corrected chi connectivity index (χ0v) is 14.6. The Kier molecular flexibility index (Phi) is 4.84. The van der Waals surface area contributed by atoms with Gasteiger partial charge in [-0.2, -0.15) is 0 Å². The van der Waals surface area contributed by atoms with E-state index in [1.807, 2.05) is 31.2 Å². The third-order valence-electron chi connectivity index (χ3n) is 3.66. The maximum absolute atomic E-state index is 12.1. The second-order valence-corrected chi connectivity index (χ2v) is 5.71. The first-order chi connectivity index (χ1) is 12.5. The normalized spacial score (nSPS) is 14.8. The Morgan fingerprint density at radius 2 is 1.85 bits per heavy atom. The molecular weight excluding hydrogens is 334 g/mol. The van der Waals surface area contributed by atoms with Crippen LogP contribution in [0.3, 0.4) is 0 Å². The van der Waals surface area contributed by atoms with Gasteiger partial charge in [0.1, 0.15) is 0 Å². The molecule has 3 rings (SSSR count). The highest BCUT2D eigenvalue weighted by Gasteiger charge is 2.24. The van der Waals surface area contributed by atoms with E-state index in [1.54, 1.807) is 24.3 Å². The molecule has 1 aliphatic rings. The molecule has 2 aromatic carbocycles. The summed E-state index contributed by atoms with van der Waals surface area (Å²) >= 11 is 0. The van der Waals surface area contributed by atoms with Gasteiger partial charge in [0.2, 0.25) is 5.90 Å². The highest BCUT2D eigenvalue weighted by atomic mass is 16.6. The Balaban J connectivity index is 1.90. The fourth-order valence-corrected chi connectivity index (χ4v) is 2.40. The van der Waals surface area contributed by atoms with Gasteiger partial charge in [-0.25, -0.2) is 9.79 Å². The quantitative estimate of drug-likeness (QED) is 0.480. The van der Waals surface area contributed by atoms with Crippen LogP contribution in [0, 0.1) is 6.92 Å². The number of nitrogens with zero attached hydrogens (tertiary/aromatic N) is 1. The number of carbonyl (C=O) groups excluding carboxylic acids is 2. The highest BCUT2D eigenvalue weighted by Crippen LogP contribution is 2.30. The van der Waals surface area contributed by atoms with Crippen molar-refractivity contribution in [1.29, 1.82) is 0 Å². The predicted molar refractivity (Wildman–Crippen MR) is 96.1 cm³/mol. The minimum Gasteiger partial charge on any atom is -0.493 e. The van der Waals surface area contributed by atoms with Crippen molar-refractivity contribution in [2.45, 2.75) is 13.8 Å². The molecule has 6 nitrogen and oxygen atoms in total. The van der Waals surface area contributed by atoms with E-state index in [0.717, 1.165) is 11.1 Å². The van der Waals surface area contributed by atoms with Crippen LogP contribution in [0.2, 0.25) is 0 Å². The van der Waals surface area contributed by atoms with E-state index in [1.165, 1.54) is 14.0 Å². The van der Waals surface area contributed by atoms with Crippen molar-refractivity contribution in [1.82, 2.24) is 0 Å². The minimum absolute atomic E-state index is 0.183. The summed E-state index contributed by atoms with van der Waals surface area (Å²) in [5, 5.41) is 0. The van der Waals surface area contributed by atoms with Crippen LogP contribution in [0.5, 0.6) is 11.5 Å². The van der Waals surface area contributed by atoms with E-state index < -0.39 is 11.9 Å². The summed E-state index contributed by atoms with van der Waals surface area (Å²) in [5.74, 6) is -0.0156. The number of cyclic esters (lactones) is 1. The fraction of sp³-hybridized carbons (Fsp3) is 0.150. The lowest BCUT2D eigenvalue weighted by molar-refractivity contribution is -0.132. The summed E-state index contributed by atoms with van der Waals surface area (Å²) in [6.07, 6.45) is 1.59. The van der Waals surface area contributed by atoms with Crippen molar-refractivity contribution < 1.29 is 23.8 Å². The van der Waals surface area contributed by atoms with Crippen LogP contribution >= 0.6 is 0 Å². The molecule has 0 aliphatic carbocycles. The van der Waals surface area contributed by atoms with Gasteiger partial charge in [-0.15, -0.1) is 0 Å². The molecule has 0 radical (unpaired) electrons. The highest BCUT2D eigenvalue weighted by molar-refractivity contribution is 6.12. The lowest BCUT2D eigenvalue weighted by Gasteiger charge is -2.08. The van der Waals surface area contributed by atoms with Crippen LogP contribution in [-0.4, -0.2) is 24.9 Å². The van der Waals surface area contributed by atoms with Crippen LogP contribution in [0.25, 0.3) is 6.08 Å². The van der Waals surface area contributed by atoms with E-state index in [2.05, 4.69) is 4.99 Å². The number of rotatable bonds is 4. The molecule has 0 bridgehead atoms. The Morgan fingerprint density at radius 1 is 1.12 bits per heavy atom. The summed E-state index contributed by atoms with van der Waals surface area (Å²) in [7, 11) is 1.47. The maximum Gasteiger partial charge on any atom is 0.363 e. The van der Waals surface area contributed by atoms with Gasteiger partial charge in [0.05, 0.1) is 7.11 Å². The van der Waals surface area contributed by atoms with E-state index in [4.69, 9.17) is 14.2 Å². The average Bonchev–Trinajstić information content (AvgIpc) is 2.97. The van der Waals surface area contributed by atoms with E-state index >= 15 is 0 Å². The topological polar surface area (TPSA) is 74.2 Å². The molecule has 0 saturated carbocycles. The molecule has 0 aromatic heterocycles. The van der Waals surface area contributed by atoms with Gasteiger partial charge in [-0.1, -0.05) is 23.8 Å². The van der Waals surface area contributed by atoms with Crippen molar-refractivity contribution in [3.8, 4) is 11.5 Å². The van der Waals surface area contributed by atoms with Crippen LogP contribution in [0.1, 0.15) is 23.6 Å². The molecule has 0 amide bonds. The fourth-order valence-electron chi connectivity index (χ4n) is 2.40. The van der Waals surface area contributed by atoms with Gasteiger partial charge >= 0.3 is 11.9 Å². The Morgan fingerprint density at radius 3 is 2.50 bits per heavy atom. The molecule has 0 unspecified atom stereocenters. The van der Waals surface area contributed by atoms with Crippen LogP contribution in [-0.2, 0) is 14.3 Å². The summed E-state index contributed by atoms with van der Waals surface area (Å²) in [6, 6.07) is 12.5. The molecule has 2 aromatic rings. The third-order valence-corrected chi connectivity index (χ3v) is 3.66. The minimum atomic E-state index is -0.524.